The molecule has 554 valence electrons. The standard InChI is InChI=1S/C68H101N17O14S2/c1-45(41-55(87)19-18-37-72-65(95)50-20-22-51(23-21-50)75-43-54-44-76-62-61(80-54)66(96)79-48(4)78-62)64(94)77-47(3)56(88)42-46(2)63(93)71-34-10-6-11-35-73-67(100)81-52-24-26-53(27-25-52)82-68(101)74-36-14-9-17-40-85(99)60(92)31-29-58(90)70-33-13-8-16-39-84(98)59(91)30-28-57(89)69-32-12-7-15-38-83(97)49(5)86/h20-27,44-47,75,97-99H,6-19,28-43H2,1-5H3,(H,69,89)(H,70,90)(H,71,93)(H,72,95)(H,77,94)(H2,73,81,100)(H2,74,82,101)(H,76,78,79,96)/t45-,46-,47+/m1/s1. The van der Waals surface area contributed by atoms with Crippen LogP contribution in [0.5, 0.6) is 0 Å². The number of aromatic nitrogens is 4. The van der Waals surface area contributed by atoms with Crippen molar-refractivity contribution in [2.45, 2.75) is 176 Å². The number of H-pyrrole nitrogens is 1. The summed E-state index contributed by atoms with van der Waals surface area (Å²) < 4.78 is 0. The Labute approximate surface area is 599 Å². The first kappa shape index (κ1) is 84.2. The van der Waals surface area contributed by atoms with Gasteiger partial charge in [0.25, 0.3) is 11.5 Å². The number of fused-ring (bicyclic) bond motifs is 1. The van der Waals surface area contributed by atoms with Gasteiger partial charge in [-0.15, -0.1) is 0 Å². The Morgan fingerprint density at radius 2 is 0.990 bits per heavy atom. The minimum absolute atomic E-state index is 0.0351. The van der Waals surface area contributed by atoms with Crippen LogP contribution >= 0.6 is 24.4 Å². The van der Waals surface area contributed by atoms with Gasteiger partial charge in [0.1, 0.15) is 11.6 Å². The highest BCUT2D eigenvalue weighted by Crippen LogP contribution is 2.16. The van der Waals surface area contributed by atoms with Crippen LogP contribution in [0.1, 0.15) is 178 Å². The Kier molecular flexibility index (Phi) is 39.2. The van der Waals surface area contributed by atoms with Crippen LogP contribution in [0.25, 0.3) is 11.2 Å². The number of nitrogens with one attached hydrogen (secondary N) is 11. The Balaban J connectivity index is 0.925. The molecule has 0 bridgehead atoms. The topological polar surface area (TPSA) is 433 Å². The summed E-state index contributed by atoms with van der Waals surface area (Å²) in [4.78, 5) is 152. The van der Waals surface area contributed by atoms with E-state index in [1.54, 1.807) is 52.0 Å². The third kappa shape index (κ3) is 35.1. The maximum Gasteiger partial charge on any atom is 0.279 e. The second kappa shape index (κ2) is 47.0. The van der Waals surface area contributed by atoms with Crippen molar-refractivity contribution in [3.63, 3.8) is 0 Å². The lowest BCUT2D eigenvalue weighted by molar-refractivity contribution is -0.166. The van der Waals surface area contributed by atoms with Crippen molar-refractivity contribution in [2.75, 3.05) is 74.9 Å². The van der Waals surface area contributed by atoms with Gasteiger partial charge >= 0.3 is 0 Å². The molecule has 0 fully saturated rings. The van der Waals surface area contributed by atoms with Crippen LogP contribution in [-0.4, -0.2) is 185 Å². The predicted octanol–water partition coefficient (Wildman–Crippen LogP) is 5.38. The molecule has 2 aromatic carbocycles. The van der Waals surface area contributed by atoms with Gasteiger partial charge in [-0.2, -0.15) is 0 Å². The first-order valence-corrected chi connectivity index (χ1v) is 35.3. The first-order chi connectivity index (χ1) is 48.3. The van der Waals surface area contributed by atoms with Gasteiger partial charge < -0.3 is 58.2 Å². The fraction of sp³-hybridized carbons (Fsp3) is 0.559. The molecule has 2 heterocycles. The van der Waals surface area contributed by atoms with Gasteiger partial charge in [-0.3, -0.25) is 68.4 Å². The molecule has 0 saturated carbocycles. The third-order valence-corrected chi connectivity index (χ3v) is 16.4. The van der Waals surface area contributed by atoms with Crippen molar-refractivity contribution in [3.05, 3.63) is 82.2 Å². The number of hydroxylamine groups is 6. The van der Waals surface area contributed by atoms with Gasteiger partial charge in [0, 0.05) is 145 Å². The van der Waals surface area contributed by atoms with Crippen LogP contribution in [0.15, 0.2) is 59.5 Å². The molecule has 0 radical (unpaired) electrons. The molecule has 0 saturated heterocycles. The Bertz CT molecular complexity index is 3440. The SMILES string of the molecule is CC(=O)N(O)CCCCCNC(=O)CCC(=O)N(O)CCCCCNC(=O)CCC(=O)N(O)CCCCCNC(=S)Nc1ccc(NC(=S)NCCCCCNC(=O)[C@H](C)CC(=O)[C@H](C)NC(=O)[C@H](C)CC(=O)CCCNC(=O)c2ccc(NCc3cnc4nc(C)[nH]c(=O)c4n3)cc2)cc1. The lowest BCUT2D eigenvalue weighted by Gasteiger charge is -2.18. The second-order valence-corrected chi connectivity index (χ2v) is 25.5. The summed E-state index contributed by atoms with van der Waals surface area (Å²) in [6.07, 6.45) is 9.31. The van der Waals surface area contributed by atoms with E-state index in [-0.39, 0.29) is 130 Å². The molecule has 2 aromatic heterocycles. The van der Waals surface area contributed by atoms with E-state index in [2.05, 4.69) is 73.1 Å². The number of rotatable bonds is 48. The van der Waals surface area contributed by atoms with E-state index in [1.165, 1.54) is 13.1 Å². The average molecular weight is 1440 g/mol. The minimum atomic E-state index is -0.858. The summed E-state index contributed by atoms with van der Waals surface area (Å²) in [5, 5.41) is 61.9. The van der Waals surface area contributed by atoms with E-state index in [4.69, 9.17) is 24.4 Å². The van der Waals surface area contributed by atoms with Crippen molar-refractivity contribution in [2.24, 2.45) is 11.8 Å². The fourth-order valence-corrected chi connectivity index (χ4v) is 10.3. The number of hydrogen-bond donors (Lipinski definition) is 14. The number of thiocarbonyl (C=S) groups is 2. The first-order valence-electron chi connectivity index (χ1n) is 34.4. The van der Waals surface area contributed by atoms with Crippen molar-refractivity contribution >= 4 is 122 Å². The molecule has 0 spiro atoms. The van der Waals surface area contributed by atoms with Crippen molar-refractivity contribution in [1.82, 2.24) is 72.3 Å². The van der Waals surface area contributed by atoms with Crippen molar-refractivity contribution in [3.8, 4) is 0 Å². The zero-order valence-electron chi connectivity index (χ0n) is 58.5. The number of aryl methyl sites for hydroxylation is 1. The number of benzene rings is 2. The Morgan fingerprint density at radius 1 is 0.525 bits per heavy atom. The van der Waals surface area contributed by atoms with E-state index < -0.39 is 41.5 Å². The summed E-state index contributed by atoms with van der Waals surface area (Å²) in [6, 6.07) is 13.3. The van der Waals surface area contributed by atoms with Gasteiger partial charge in [0.05, 0.1) is 24.5 Å². The average Bonchev–Trinajstić information content (AvgIpc) is 0.819. The molecule has 0 aliphatic carbocycles. The molecule has 4 rings (SSSR count). The molecule has 0 aliphatic heterocycles. The van der Waals surface area contributed by atoms with Crippen LogP contribution in [0, 0.1) is 18.8 Å². The van der Waals surface area contributed by atoms with Crippen LogP contribution < -0.4 is 58.7 Å². The number of Topliss-reactive ketones (excluding diaryl/α,β-unsaturated/α-hetero) is 2. The number of carbonyl (C=O) groups is 10. The maximum atomic E-state index is 13.0. The summed E-state index contributed by atoms with van der Waals surface area (Å²) in [7, 11) is 0. The van der Waals surface area contributed by atoms with E-state index in [1.807, 2.05) is 24.3 Å². The second-order valence-electron chi connectivity index (χ2n) is 24.7. The number of amides is 8. The molecule has 3 atom stereocenters. The summed E-state index contributed by atoms with van der Waals surface area (Å²) in [5.41, 5.74) is 3.24. The van der Waals surface area contributed by atoms with Gasteiger partial charge in [-0.25, -0.2) is 30.1 Å². The fourth-order valence-electron chi connectivity index (χ4n) is 9.85. The van der Waals surface area contributed by atoms with Gasteiger partial charge in [0.2, 0.25) is 41.4 Å². The summed E-state index contributed by atoms with van der Waals surface area (Å²) in [6.45, 7) is 11.0. The molecule has 0 aliphatic rings. The number of anilines is 3. The van der Waals surface area contributed by atoms with E-state index >= 15 is 0 Å². The lowest BCUT2D eigenvalue weighted by atomic mass is 9.98. The molecule has 14 N–H and O–H groups in total. The van der Waals surface area contributed by atoms with Gasteiger partial charge in [-0.05, 0) is 170 Å². The molecule has 0 unspecified atom stereocenters. The maximum absolute atomic E-state index is 13.0. The van der Waals surface area contributed by atoms with Crippen molar-refractivity contribution in [1.29, 1.82) is 0 Å². The Morgan fingerprint density at radius 3 is 1.51 bits per heavy atom. The number of unbranched alkanes of at least 4 members (excludes halogenated alkanes) is 8. The number of hydrogen-bond acceptors (Lipinski definition) is 20. The van der Waals surface area contributed by atoms with Crippen LogP contribution in [0.3, 0.4) is 0 Å². The summed E-state index contributed by atoms with van der Waals surface area (Å²) in [5.74, 6) is -4.59. The zero-order valence-corrected chi connectivity index (χ0v) is 60.1. The Hall–Kier alpha value is -9.18. The van der Waals surface area contributed by atoms with Gasteiger partial charge in [0.15, 0.2) is 27.2 Å². The molecular weight excluding hydrogens is 1340 g/mol. The third-order valence-electron chi connectivity index (χ3n) is 15.9. The van der Waals surface area contributed by atoms with Crippen LogP contribution in [0.4, 0.5) is 17.1 Å². The minimum Gasteiger partial charge on any atom is -0.379 e. The largest absolute Gasteiger partial charge is 0.379 e. The highest BCUT2D eigenvalue weighted by Gasteiger charge is 2.25. The van der Waals surface area contributed by atoms with Gasteiger partial charge in [-0.1, -0.05) is 13.8 Å². The monoisotopic (exact) mass is 1440 g/mol. The highest BCUT2D eigenvalue weighted by molar-refractivity contribution is 7.80. The van der Waals surface area contributed by atoms with Crippen molar-refractivity contribution < 1.29 is 63.6 Å². The molecule has 101 heavy (non-hydrogen) atoms. The molecule has 33 heteroatoms. The van der Waals surface area contributed by atoms with Crippen LogP contribution in [-0.2, 0) is 49.7 Å². The summed E-state index contributed by atoms with van der Waals surface area (Å²) >= 11 is 10.9. The quantitative estimate of drug-likeness (QED) is 0.0114. The molecule has 4 aromatic rings. The number of nitrogens with zero attached hydrogens (tertiary/aromatic N) is 6. The van der Waals surface area contributed by atoms with E-state index in [0.717, 1.165) is 36.3 Å². The predicted molar refractivity (Wildman–Crippen MR) is 387 cm³/mol. The highest BCUT2D eigenvalue weighted by atomic mass is 32.1. The normalized spacial score (nSPS) is 11.8. The molecule has 31 nitrogen and oxygen atoms in total. The zero-order chi connectivity index (χ0) is 74.1. The van der Waals surface area contributed by atoms with E-state index in [9.17, 15) is 68.4 Å². The number of aromatic amines is 1. The number of carbonyl (C=O) groups excluding carboxylic acids is 10. The van der Waals surface area contributed by atoms with E-state index in [0.29, 0.717) is 139 Å². The lowest BCUT2D eigenvalue weighted by Crippen LogP contribution is -2.43. The number of ketones is 2. The van der Waals surface area contributed by atoms with Crippen LogP contribution in [0.2, 0.25) is 0 Å². The molecule has 8 amide bonds. The smallest absolute Gasteiger partial charge is 0.279 e. The molecular formula is C68H101N17O14S2.